The van der Waals surface area contributed by atoms with Gasteiger partial charge in [0.2, 0.25) is 17.4 Å². The maximum atomic E-state index is 13.6. The summed E-state index contributed by atoms with van der Waals surface area (Å²) in [5, 5.41) is 0. The molecule has 0 aromatic heterocycles. The molecule has 1 fully saturated rings. The Kier molecular flexibility index (Phi) is 7.42. The molecule has 0 radical (unpaired) electrons. The third-order valence-corrected chi connectivity index (χ3v) is 7.36. The minimum Gasteiger partial charge on any atom is -0.427 e. The van der Waals surface area contributed by atoms with Crippen LogP contribution in [0.25, 0.3) is 0 Å². The summed E-state index contributed by atoms with van der Waals surface area (Å²) in [5.41, 5.74) is 5.72. The summed E-state index contributed by atoms with van der Waals surface area (Å²) in [7, 11) is 0. The van der Waals surface area contributed by atoms with Crippen LogP contribution in [0.3, 0.4) is 0 Å². The number of fused-ring (bicyclic) bond motifs is 2. The summed E-state index contributed by atoms with van der Waals surface area (Å²) in [6.07, 6.45) is -5.06. The highest BCUT2D eigenvalue weighted by molar-refractivity contribution is 6.06. The quantitative estimate of drug-likeness (QED) is 0.503. The summed E-state index contributed by atoms with van der Waals surface area (Å²) >= 11 is 0. The number of aryl methyl sites for hydroxylation is 1. The zero-order valence-corrected chi connectivity index (χ0v) is 21.3. The highest BCUT2D eigenvalue weighted by atomic mass is 19.4. The summed E-state index contributed by atoms with van der Waals surface area (Å²) in [6.45, 7) is 1.11. The van der Waals surface area contributed by atoms with Crippen molar-refractivity contribution in [2.45, 2.75) is 63.4 Å². The van der Waals surface area contributed by atoms with E-state index >= 15 is 0 Å². The summed E-state index contributed by atoms with van der Waals surface area (Å²) in [5.74, 6) is -3.62. The Morgan fingerprint density at radius 1 is 1.15 bits per heavy atom. The van der Waals surface area contributed by atoms with Gasteiger partial charge in [-0.05, 0) is 48.6 Å². The fourth-order valence-electron chi connectivity index (χ4n) is 5.12. The van der Waals surface area contributed by atoms with Crippen LogP contribution in [0, 0.1) is 5.82 Å². The molecule has 3 atom stereocenters. The second-order valence-electron chi connectivity index (χ2n) is 9.73. The largest absolute Gasteiger partial charge is 0.427 e. The standard InChI is InChI=1S/C27H27F4N3O5/c1-3-20(23(32)36)17-6-9-21-18(12-17)10-11-26(21)24(37)34(25(38)39-26)14-22(35)33(15(2)27(29,30)31)13-16-4-7-19(28)8-5-16/h4-9,12,15,20H,3,10-11,13-14H2,1-2H3,(H2,32,36)/t15-,20?,26-/m1/s1. The number of carbonyl (C=O) groups is 4. The molecule has 2 aromatic carbocycles. The van der Waals surface area contributed by atoms with Crippen LogP contribution in [-0.4, -0.2) is 52.4 Å². The first kappa shape index (κ1) is 28.1. The Morgan fingerprint density at radius 3 is 2.41 bits per heavy atom. The van der Waals surface area contributed by atoms with Gasteiger partial charge in [0.25, 0.3) is 5.91 Å². The third-order valence-electron chi connectivity index (χ3n) is 7.36. The van der Waals surface area contributed by atoms with E-state index in [4.69, 9.17) is 10.5 Å². The van der Waals surface area contributed by atoms with E-state index in [2.05, 4.69) is 0 Å². The molecular weight excluding hydrogens is 522 g/mol. The number of amides is 4. The number of nitrogens with two attached hydrogens (primary N) is 1. The van der Waals surface area contributed by atoms with E-state index in [0.717, 1.165) is 19.1 Å². The van der Waals surface area contributed by atoms with Crippen LogP contribution in [0.1, 0.15) is 54.9 Å². The number of hydrogen-bond donors (Lipinski definition) is 1. The van der Waals surface area contributed by atoms with Gasteiger partial charge in [-0.3, -0.25) is 14.4 Å². The molecule has 0 saturated carbocycles. The van der Waals surface area contributed by atoms with Crippen molar-refractivity contribution in [2.75, 3.05) is 6.54 Å². The number of rotatable bonds is 8. The molecule has 39 heavy (non-hydrogen) atoms. The van der Waals surface area contributed by atoms with E-state index in [-0.39, 0.29) is 12.0 Å². The smallest absolute Gasteiger partial charge is 0.418 e. The fourth-order valence-corrected chi connectivity index (χ4v) is 5.12. The summed E-state index contributed by atoms with van der Waals surface area (Å²) in [6, 6.07) is 7.27. The van der Waals surface area contributed by atoms with Gasteiger partial charge in [-0.2, -0.15) is 13.2 Å². The molecule has 0 bridgehead atoms. The van der Waals surface area contributed by atoms with Crippen molar-refractivity contribution in [1.82, 2.24) is 9.80 Å². The molecule has 4 rings (SSSR count). The number of alkyl halides is 3. The lowest BCUT2D eigenvalue weighted by Gasteiger charge is -2.31. The van der Waals surface area contributed by atoms with E-state index < -0.39 is 66.5 Å². The van der Waals surface area contributed by atoms with Gasteiger partial charge in [0.05, 0.1) is 5.92 Å². The molecule has 2 aliphatic rings. The average molecular weight is 550 g/mol. The molecule has 1 heterocycles. The van der Waals surface area contributed by atoms with Crippen molar-refractivity contribution in [1.29, 1.82) is 0 Å². The van der Waals surface area contributed by atoms with Crippen molar-refractivity contribution in [3.05, 3.63) is 70.5 Å². The lowest BCUT2D eigenvalue weighted by Crippen LogP contribution is -2.51. The Bertz CT molecular complexity index is 1310. The van der Waals surface area contributed by atoms with Crippen molar-refractivity contribution < 1.29 is 41.5 Å². The zero-order valence-electron chi connectivity index (χ0n) is 21.3. The molecule has 208 valence electrons. The van der Waals surface area contributed by atoms with E-state index in [0.29, 0.717) is 39.3 Å². The van der Waals surface area contributed by atoms with Crippen LogP contribution in [0.5, 0.6) is 0 Å². The lowest BCUT2D eigenvalue weighted by molar-refractivity contribution is -0.187. The number of imide groups is 1. The molecular formula is C27H27F4N3O5. The number of hydrogen-bond acceptors (Lipinski definition) is 5. The van der Waals surface area contributed by atoms with Crippen LogP contribution in [0.15, 0.2) is 42.5 Å². The van der Waals surface area contributed by atoms with Crippen LogP contribution in [0.2, 0.25) is 0 Å². The topological polar surface area (TPSA) is 110 Å². The van der Waals surface area contributed by atoms with Crippen molar-refractivity contribution in [2.24, 2.45) is 5.73 Å². The first-order chi connectivity index (χ1) is 18.3. The molecule has 12 heteroatoms. The second-order valence-corrected chi connectivity index (χ2v) is 9.73. The number of nitrogens with zero attached hydrogens (tertiary/aromatic N) is 2. The molecule has 1 spiro atoms. The van der Waals surface area contributed by atoms with E-state index in [9.17, 15) is 36.7 Å². The minimum absolute atomic E-state index is 0.0761. The molecule has 4 amide bonds. The van der Waals surface area contributed by atoms with Crippen LogP contribution >= 0.6 is 0 Å². The van der Waals surface area contributed by atoms with Crippen molar-refractivity contribution >= 4 is 23.8 Å². The monoisotopic (exact) mass is 549 g/mol. The molecule has 1 aliphatic heterocycles. The SMILES string of the molecule is CCC(C(N)=O)c1ccc2c(c1)CC[C@@]21OC(=O)N(CC(=O)N(Cc2ccc(F)cc2)[C@H](C)C(F)(F)F)C1=O. The summed E-state index contributed by atoms with van der Waals surface area (Å²) < 4.78 is 59.6. The number of ether oxygens (including phenoxy) is 1. The third kappa shape index (κ3) is 5.19. The van der Waals surface area contributed by atoms with Gasteiger partial charge in [-0.1, -0.05) is 37.3 Å². The van der Waals surface area contributed by atoms with E-state index in [1.807, 2.05) is 0 Å². The lowest BCUT2D eigenvalue weighted by atomic mass is 9.90. The second kappa shape index (κ2) is 10.3. The van der Waals surface area contributed by atoms with Crippen molar-refractivity contribution in [3.8, 4) is 0 Å². The fraction of sp³-hybridized carbons (Fsp3) is 0.407. The maximum Gasteiger partial charge on any atom is 0.418 e. The van der Waals surface area contributed by atoms with Gasteiger partial charge in [0.15, 0.2) is 0 Å². The predicted molar refractivity (Wildman–Crippen MR) is 129 cm³/mol. The predicted octanol–water partition coefficient (Wildman–Crippen LogP) is 3.90. The minimum atomic E-state index is -4.80. The highest BCUT2D eigenvalue weighted by Gasteiger charge is 2.58. The van der Waals surface area contributed by atoms with Gasteiger partial charge >= 0.3 is 12.3 Å². The van der Waals surface area contributed by atoms with Gasteiger partial charge in [-0.15, -0.1) is 0 Å². The first-order valence-electron chi connectivity index (χ1n) is 12.4. The molecule has 1 aliphatic carbocycles. The number of carbonyl (C=O) groups excluding carboxylic acids is 4. The Morgan fingerprint density at radius 2 is 1.82 bits per heavy atom. The molecule has 1 unspecified atom stereocenters. The molecule has 2 aromatic rings. The number of primary amides is 1. The number of benzene rings is 2. The maximum absolute atomic E-state index is 13.6. The number of halogens is 4. The Labute approximate surface area is 221 Å². The van der Waals surface area contributed by atoms with Crippen molar-refractivity contribution in [3.63, 3.8) is 0 Å². The van der Waals surface area contributed by atoms with Crippen LogP contribution in [-0.2, 0) is 37.7 Å². The average Bonchev–Trinajstić information content (AvgIpc) is 3.35. The normalized spacial score (nSPS) is 20.1. The Balaban J connectivity index is 1.58. The van der Waals surface area contributed by atoms with Gasteiger partial charge in [0.1, 0.15) is 18.4 Å². The van der Waals surface area contributed by atoms with Gasteiger partial charge in [-0.25, -0.2) is 14.1 Å². The van der Waals surface area contributed by atoms with E-state index in [1.54, 1.807) is 25.1 Å². The molecule has 1 saturated heterocycles. The van der Waals surface area contributed by atoms with Gasteiger partial charge in [0, 0.05) is 18.5 Å². The van der Waals surface area contributed by atoms with Gasteiger partial charge < -0.3 is 15.4 Å². The van der Waals surface area contributed by atoms with Crippen LogP contribution in [0.4, 0.5) is 22.4 Å². The highest BCUT2D eigenvalue weighted by Crippen LogP contribution is 2.46. The first-order valence-corrected chi connectivity index (χ1v) is 12.4. The van der Waals surface area contributed by atoms with E-state index in [1.165, 1.54) is 12.1 Å². The Hall–Kier alpha value is -3.96. The zero-order chi connectivity index (χ0) is 28.7. The summed E-state index contributed by atoms with van der Waals surface area (Å²) in [4.78, 5) is 52.2. The molecule has 2 N–H and O–H groups in total. The molecule has 8 nitrogen and oxygen atoms in total. The van der Waals surface area contributed by atoms with Crippen LogP contribution < -0.4 is 5.73 Å².